The number of ether oxygens (including phenoxy) is 2. The standard InChI is InChI=1S/C31H35ClN2O7/c1-31(2,3)41-30(39)34(18-27(36)23-6-5-7-24(32)17-23)26(19-35)16-20-8-14-25(15-9-20)33-28(37)21-10-12-22(13-11-21)29(38)40-4/h5-15,17,26-27,35-36H,16,18-19H2,1-4H3,(H,33,37)/t26-,27+/m0/s1. The maximum absolute atomic E-state index is 13.2. The first-order valence-corrected chi connectivity index (χ1v) is 13.4. The SMILES string of the molecule is COC(=O)c1ccc(C(=O)Nc2ccc(C[C@@H](CO)N(C[C@@H](O)c3cccc(Cl)c3)C(=O)OC(C)(C)C)cc2)cc1. The van der Waals surface area contributed by atoms with Crippen LogP contribution in [0.5, 0.6) is 0 Å². The van der Waals surface area contributed by atoms with E-state index in [2.05, 4.69) is 10.1 Å². The number of esters is 1. The minimum absolute atomic E-state index is 0.122. The summed E-state index contributed by atoms with van der Waals surface area (Å²) in [6.07, 6.45) is -1.46. The first-order chi connectivity index (χ1) is 19.4. The van der Waals surface area contributed by atoms with Crippen molar-refractivity contribution in [3.8, 4) is 0 Å². The zero-order valence-electron chi connectivity index (χ0n) is 23.5. The molecular formula is C31H35ClN2O7. The molecule has 0 bridgehead atoms. The Morgan fingerprint density at radius 3 is 2.17 bits per heavy atom. The highest BCUT2D eigenvalue weighted by Crippen LogP contribution is 2.23. The first-order valence-electron chi connectivity index (χ1n) is 13.0. The van der Waals surface area contributed by atoms with E-state index in [1.807, 2.05) is 0 Å². The summed E-state index contributed by atoms with van der Waals surface area (Å²) in [5.74, 6) is -0.841. The molecule has 218 valence electrons. The second-order valence-corrected chi connectivity index (χ2v) is 10.9. The number of methoxy groups -OCH3 is 1. The van der Waals surface area contributed by atoms with Crippen molar-refractivity contribution in [2.24, 2.45) is 0 Å². The van der Waals surface area contributed by atoms with Gasteiger partial charge in [0.25, 0.3) is 5.91 Å². The van der Waals surface area contributed by atoms with Crippen molar-refractivity contribution in [1.82, 2.24) is 4.90 Å². The highest BCUT2D eigenvalue weighted by molar-refractivity contribution is 6.30. The maximum atomic E-state index is 13.2. The van der Waals surface area contributed by atoms with Gasteiger partial charge in [0.05, 0.1) is 38.0 Å². The van der Waals surface area contributed by atoms with E-state index in [0.717, 1.165) is 5.56 Å². The Morgan fingerprint density at radius 1 is 0.976 bits per heavy atom. The molecule has 10 heteroatoms. The molecule has 0 aromatic heterocycles. The van der Waals surface area contributed by atoms with Gasteiger partial charge in [-0.25, -0.2) is 9.59 Å². The first kappa shape index (κ1) is 31.6. The molecule has 41 heavy (non-hydrogen) atoms. The number of nitrogens with one attached hydrogen (secondary N) is 1. The van der Waals surface area contributed by atoms with Crippen molar-refractivity contribution in [2.75, 3.05) is 25.6 Å². The van der Waals surface area contributed by atoms with Gasteiger partial charge in [0, 0.05) is 16.3 Å². The Bertz CT molecular complexity index is 1340. The molecule has 0 aliphatic carbocycles. The summed E-state index contributed by atoms with van der Waals surface area (Å²) in [6.45, 7) is 4.73. The molecule has 0 aliphatic rings. The number of aliphatic hydroxyl groups is 2. The number of halogens is 1. The van der Waals surface area contributed by atoms with Crippen molar-refractivity contribution in [2.45, 2.75) is 44.9 Å². The van der Waals surface area contributed by atoms with Gasteiger partial charge in [-0.05, 0) is 86.8 Å². The van der Waals surface area contributed by atoms with Gasteiger partial charge < -0.3 is 25.0 Å². The third-order valence-corrected chi connectivity index (χ3v) is 6.37. The van der Waals surface area contributed by atoms with Crippen LogP contribution in [0.15, 0.2) is 72.8 Å². The van der Waals surface area contributed by atoms with Gasteiger partial charge in [-0.15, -0.1) is 0 Å². The third kappa shape index (κ3) is 9.31. The molecule has 0 fully saturated rings. The second kappa shape index (κ2) is 14.1. The lowest BCUT2D eigenvalue weighted by molar-refractivity contribution is -0.00374. The quantitative estimate of drug-likeness (QED) is 0.279. The van der Waals surface area contributed by atoms with Gasteiger partial charge in [-0.1, -0.05) is 35.9 Å². The van der Waals surface area contributed by atoms with E-state index in [4.69, 9.17) is 16.3 Å². The number of hydrogen-bond acceptors (Lipinski definition) is 7. The third-order valence-electron chi connectivity index (χ3n) is 6.13. The lowest BCUT2D eigenvalue weighted by Crippen LogP contribution is -2.48. The highest BCUT2D eigenvalue weighted by Gasteiger charge is 2.30. The molecule has 0 heterocycles. The van der Waals surface area contributed by atoms with Crippen molar-refractivity contribution in [3.63, 3.8) is 0 Å². The Hall–Kier alpha value is -3.92. The predicted molar refractivity (Wildman–Crippen MR) is 156 cm³/mol. The van der Waals surface area contributed by atoms with Crippen LogP contribution in [0.1, 0.15) is 58.7 Å². The molecule has 3 rings (SSSR count). The fraction of sp³-hybridized carbons (Fsp3) is 0.323. The molecule has 0 saturated carbocycles. The summed E-state index contributed by atoms with van der Waals surface area (Å²) in [7, 11) is 1.29. The normalized spacial score (nSPS) is 12.7. The molecule has 0 radical (unpaired) electrons. The van der Waals surface area contributed by atoms with E-state index in [9.17, 15) is 24.6 Å². The summed E-state index contributed by atoms with van der Waals surface area (Å²) < 4.78 is 10.2. The topological polar surface area (TPSA) is 125 Å². The number of aliphatic hydroxyl groups excluding tert-OH is 2. The predicted octanol–water partition coefficient (Wildman–Crippen LogP) is 5.25. The van der Waals surface area contributed by atoms with Crippen LogP contribution in [0.2, 0.25) is 5.02 Å². The number of amides is 2. The van der Waals surface area contributed by atoms with Gasteiger partial charge in [-0.2, -0.15) is 0 Å². The number of rotatable bonds is 10. The molecule has 0 saturated heterocycles. The second-order valence-electron chi connectivity index (χ2n) is 10.5. The lowest BCUT2D eigenvalue weighted by Gasteiger charge is -2.34. The molecule has 2 atom stereocenters. The van der Waals surface area contributed by atoms with E-state index in [1.165, 1.54) is 36.3 Å². The van der Waals surface area contributed by atoms with Crippen LogP contribution in [0, 0.1) is 0 Å². The van der Waals surface area contributed by atoms with Crippen molar-refractivity contribution < 1.29 is 34.1 Å². The van der Waals surface area contributed by atoms with E-state index in [-0.39, 0.29) is 25.5 Å². The Balaban J connectivity index is 1.72. The zero-order chi connectivity index (χ0) is 30.2. The number of carbonyl (C=O) groups excluding carboxylic acids is 3. The summed E-state index contributed by atoms with van der Waals surface area (Å²) in [4.78, 5) is 38.7. The van der Waals surface area contributed by atoms with Crippen LogP contribution in [-0.2, 0) is 15.9 Å². The molecule has 0 aliphatic heterocycles. The van der Waals surface area contributed by atoms with E-state index < -0.39 is 29.8 Å². The average molecular weight is 583 g/mol. The lowest BCUT2D eigenvalue weighted by atomic mass is 10.0. The monoisotopic (exact) mass is 582 g/mol. The number of anilines is 1. The Morgan fingerprint density at radius 2 is 1.61 bits per heavy atom. The molecule has 2 amide bonds. The Kier molecular flexibility index (Phi) is 10.9. The molecule has 3 aromatic carbocycles. The van der Waals surface area contributed by atoms with Crippen LogP contribution < -0.4 is 5.32 Å². The Labute approximate surface area is 244 Å². The fourth-order valence-corrected chi connectivity index (χ4v) is 4.25. The number of carbonyl (C=O) groups is 3. The minimum Gasteiger partial charge on any atom is -0.465 e. The smallest absolute Gasteiger partial charge is 0.410 e. The summed E-state index contributed by atoms with van der Waals surface area (Å²) >= 11 is 6.07. The van der Waals surface area contributed by atoms with Crippen molar-refractivity contribution in [3.05, 3.63) is 100 Å². The molecule has 0 spiro atoms. The number of hydrogen-bond donors (Lipinski definition) is 3. The van der Waals surface area contributed by atoms with Gasteiger partial charge in [0.2, 0.25) is 0 Å². The zero-order valence-corrected chi connectivity index (χ0v) is 24.2. The summed E-state index contributed by atoms with van der Waals surface area (Å²) in [5.41, 5.74) is 1.78. The van der Waals surface area contributed by atoms with E-state index in [1.54, 1.807) is 69.3 Å². The van der Waals surface area contributed by atoms with Crippen molar-refractivity contribution >= 4 is 35.3 Å². The van der Waals surface area contributed by atoms with Crippen LogP contribution in [0.4, 0.5) is 10.5 Å². The average Bonchev–Trinajstić information content (AvgIpc) is 2.94. The van der Waals surface area contributed by atoms with Crippen molar-refractivity contribution in [1.29, 1.82) is 0 Å². The number of nitrogens with zero attached hydrogens (tertiary/aromatic N) is 1. The summed E-state index contributed by atoms with van der Waals surface area (Å²) in [5, 5.41) is 24.4. The van der Waals surface area contributed by atoms with Gasteiger partial charge >= 0.3 is 12.1 Å². The van der Waals surface area contributed by atoms with E-state index in [0.29, 0.717) is 27.4 Å². The summed E-state index contributed by atoms with van der Waals surface area (Å²) in [6, 6.07) is 19.1. The van der Waals surface area contributed by atoms with Crippen LogP contribution in [-0.4, -0.2) is 65.0 Å². The maximum Gasteiger partial charge on any atom is 0.410 e. The largest absolute Gasteiger partial charge is 0.465 e. The van der Waals surface area contributed by atoms with Crippen LogP contribution in [0.3, 0.4) is 0 Å². The molecular weight excluding hydrogens is 548 g/mol. The molecule has 0 unspecified atom stereocenters. The molecule has 3 N–H and O–H groups in total. The fourth-order valence-electron chi connectivity index (χ4n) is 4.05. The van der Waals surface area contributed by atoms with Gasteiger partial charge in [0.1, 0.15) is 5.60 Å². The molecule has 9 nitrogen and oxygen atoms in total. The van der Waals surface area contributed by atoms with Crippen LogP contribution in [0.25, 0.3) is 0 Å². The van der Waals surface area contributed by atoms with Crippen LogP contribution >= 0.6 is 11.6 Å². The minimum atomic E-state index is -1.06. The van der Waals surface area contributed by atoms with Gasteiger partial charge in [0.15, 0.2) is 0 Å². The molecule has 3 aromatic rings. The number of benzene rings is 3. The highest BCUT2D eigenvalue weighted by atomic mass is 35.5. The van der Waals surface area contributed by atoms with Gasteiger partial charge in [-0.3, -0.25) is 9.69 Å². The van der Waals surface area contributed by atoms with E-state index >= 15 is 0 Å².